The highest BCUT2D eigenvalue weighted by Gasteiger charge is 2.17. The quantitative estimate of drug-likeness (QED) is 0.652. The molecule has 1 aromatic carbocycles. The van der Waals surface area contributed by atoms with E-state index in [2.05, 4.69) is 15.5 Å². The maximum absolute atomic E-state index is 12.3. The third kappa shape index (κ3) is 4.47. The van der Waals surface area contributed by atoms with E-state index in [0.29, 0.717) is 22.3 Å². The zero-order valence-electron chi connectivity index (χ0n) is 14.1. The van der Waals surface area contributed by atoms with Gasteiger partial charge in [-0.3, -0.25) is 14.2 Å². The van der Waals surface area contributed by atoms with Gasteiger partial charge in [-0.2, -0.15) is 10.2 Å². The molecule has 27 heavy (non-hydrogen) atoms. The summed E-state index contributed by atoms with van der Waals surface area (Å²) in [7, 11) is 0. The first kappa shape index (κ1) is 18.9. The van der Waals surface area contributed by atoms with Crippen molar-refractivity contribution in [3.8, 4) is 0 Å². The molecule has 2 N–H and O–H groups in total. The summed E-state index contributed by atoms with van der Waals surface area (Å²) in [5.41, 5.74) is 1.66. The lowest BCUT2D eigenvalue weighted by molar-refractivity contribution is -0.140. The van der Waals surface area contributed by atoms with E-state index < -0.39 is 17.9 Å². The lowest BCUT2D eigenvalue weighted by Crippen LogP contribution is -2.16. The van der Waals surface area contributed by atoms with E-state index in [4.69, 9.17) is 28.3 Å². The molecule has 1 atom stereocenters. The van der Waals surface area contributed by atoms with E-state index in [1.807, 2.05) is 6.07 Å². The molecule has 0 aliphatic rings. The van der Waals surface area contributed by atoms with Crippen LogP contribution >= 0.6 is 23.2 Å². The fourth-order valence-electron chi connectivity index (χ4n) is 2.32. The Balaban J connectivity index is 1.65. The summed E-state index contributed by atoms with van der Waals surface area (Å²) in [6, 6.07) is 4.44. The van der Waals surface area contributed by atoms with Crippen LogP contribution in [-0.2, 0) is 11.3 Å². The van der Waals surface area contributed by atoms with Crippen molar-refractivity contribution in [3.05, 3.63) is 64.2 Å². The topological polar surface area (TPSA) is 102 Å². The Hall–Kier alpha value is -2.84. The largest absolute Gasteiger partial charge is 0.480 e. The Bertz CT molecular complexity index is 998. The van der Waals surface area contributed by atoms with Crippen LogP contribution < -0.4 is 5.32 Å². The fourth-order valence-corrected chi connectivity index (χ4v) is 2.64. The van der Waals surface area contributed by atoms with Gasteiger partial charge in [0, 0.05) is 12.4 Å². The maximum atomic E-state index is 12.3. The molecule has 0 aliphatic carbocycles. The second kappa shape index (κ2) is 7.81. The Kier molecular flexibility index (Phi) is 5.48. The predicted molar refractivity (Wildman–Crippen MR) is 100 cm³/mol. The van der Waals surface area contributed by atoms with Gasteiger partial charge in [0.1, 0.15) is 6.04 Å². The van der Waals surface area contributed by atoms with Crippen LogP contribution in [-0.4, -0.2) is 36.5 Å². The van der Waals surface area contributed by atoms with Crippen molar-refractivity contribution in [1.82, 2.24) is 19.6 Å². The number of nitrogens with one attached hydrogen (secondary N) is 1. The average molecular weight is 408 g/mol. The van der Waals surface area contributed by atoms with Gasteiger partial charge in [-0.25, -0.2) is 4.79 Å². The highest BCUT2D eigenvalue weighted by Crippen LogP contribution is 2.23. The minimum Gasteiger partial charge on any atom is -0.480 e. The zero-order chi connectivity index (χ0) is 19.6. The standard InChI is InChI=1S/C17H15Cl2N5O3/c1-10(17(26)27)24-8-12(5-21-24)16(25)22-13-6-20-23(9-13)7-11-2-3-14(18)15(19)4-11/h2-6,8-10H,7H2,1H3,(H,22,25)(H,26,27). The van der Waals surface area contributed by atoms with Crippen molar-refractivity contribution >= 4 is 40.8 Å². The molecule has 1 amide bonds. The highest BCUT2D eigenvalue weighted by atomic mass is 35.5. The number of aliphatic carboxylic acids is 1. The molecule has 2 heterocycles. The van der Waals surface area contributed by atoms with Gasteiger partial charge in [-0.05, 0) is 24.6 Å². The molecule has 0 fully saturated rings. The third-order valence-electron chi connectivity index (χ3n) is 3.84. The predicted octanol–water partition coefficient (Wildman–Crippen LogP) is 3.33. The molecular formula is C17H15Cl2N5O3. The smallest absolute Gasteiger partial charge is 0.328 e. The van der Waals surface area contributed by atoms with Crippen molar-refractivity contribution in [1.29, 1.82) is 0 Å². The summed E-state index contributed by atoms with van der Waals surface area (Å²) in [5.74, 6) is -1.44. The number of anilines is 1. The molecule has 140 valence electrons. The number of carboxylic acids is 1. The van der Waals surface area contributed by atoms with Crippen molar-refractivity contribution < 1.29 is 14.7 Å². The van der Waals surface area contributed by atoms with Gasteiger partial charge in [0.25, 0.3) is 5.91 Å². The molecule has 10 heteroatoms. The lowest BCUT2D eigenvalue weighted by atomic mass is 10.2. The summed E-state index contributed by atoms with van der Waals surface area (Å²) in [4.78, 5) is 23.3. The van der Waals surface area contributed by atoms with Crippen LogP contribution in [0.4, 0.5) is 5.69 Å². The molecule has 3 rings (SSSR count). The number of amides is 1. The van der Waals surface area contributed by atoms with Gasteiger partial charge in [0.2, 0.25) is 0 Å². The number of hydrogen-bond donors (Lipinski definition) is 2. The van der Waals surface area contributed by atoms with Crippen LogP contribution in [0.2, 0.25) is 10.0 Å². The Morgan fingerprint density at radius 3 is 2.67 bits per heavy atom. The van der Waals surface area contributed by atoms with Gasteiger partial charge >= 0.3 is 5.97 Å². The first-order valence-corrected chi connectivity index (χ1v) is 8.64. The van der Waals surface area contributed by atoms with Gasteiger partial charge in [0.05, 0.1) is 40.2 Å². The van der Waals surface area contributed by atoms with Gasteiger partial charge in [-0.1, -0.05) is 29.3 Å². The van der Waals surface area contributed by atoms with Crippen molar-refractivity contribution in [3.63, 3.8) is 0 Å². The summed E-state index contributed by atoms with van der Waals surface area (Å²) in [6.07, 6.45) is 5.88. The number of nitrogens with zero attached hydrogens (tertiary/aromatic N) is 4. The number of benzene rings is 1. The molecule has 0 spiro atoms. The molecule has 3 aromatic rings. The van der Waals surface area contributed by atoms with Crippen molar-refractivity contribution in [2.75, 3.05) is 5.32 Å². The highest BCUT2D eigenvalue weighted by molar-refractivity contribution is 6.42. The summed E-state index contributed by atoms with van der Waals surface area (Å²) in [5, 5.41) is 20.7. The van der Waals surface area contributed by atoms with Crippen LogP contribution in [0.15, 0.2) is 43.0 Å². The van der Waals surface area contributed by atoms with E-state index in [0.717, 1.165) is 5.56 Å². The van der Waals surface area contributed by atoms with E-state index in [1.54, 1.807) is 23.0 Å². The molecule has 1 unspecified atom stereocenters. The van der Waals surface area contributed by atoms with Gasteiger partial charge in [0.15, 0.2) is 0 Å². The maximum Gasteiger partial charge on any atom is 0.328 e. The summed E-state index contributed by atoms with van der Waals surface area (Å²) >= 11 is 11.9. The number of hydrogen-bond acceptors (Lipinski definition) is 4. The van der Waals surface area contributed by atoms with Crippen LogP contribution in [0.1, 0.15) is 28.9 Å². The number of halogens is 2. The average Bonchev–Trinajstić information content (AvgIpc) is 3.27. The number of carbonyl (C=O) groups excluding carboxylic acids is 1. The monoisotopic (exact) mass is 407 g/mol. The minimum atomic E-state index is -1.03. The van der Waals surface area contributed by atoms with Crippen LogP contribution in [0, 0.1) is 0 Å². The van der Waals surface area contributed by atoms with E-state index in [1.165, 1.54) is 30.2 Å². The first-order chi connectivity index (χ1) is 12.8. The number of carbonyl (C=O) groups is 2. The Labute approximate surface area is 164 Å². The third-order valence-corrected chi connectivity index (χ3v) is 4.58. The second-order valence-corrected chi connectivity index (χ2v) is 6.67. The van der Waals surface area contributed by atoms with E-state index >= 15 is 0 Å². The first-order valence-electron chi connectivity index (χ1n) is 7.88. The normalized spacial score (nSPS) is 12.0. The summed E-state index contributed by atoms with van der Waals surface area (Å²) < 4.78 is 2.86. The molecular weight excluding hydrogens is 393 g/mol. The molecule has 0 aliphatic heterocycles. The zero-order valence-corrected chi connectivity index (χ0v) is 15.6. The molecule has 8 nitrogen and oxygen atoms in total. The Morgan fingerprint density at radius 2 is 1.96 bits per heavy atom. The fraction of sp³-hybridized carbons (Fsp3) is 0.176. The van der Waals surface area contributed by atoms with Crippen molar-refractivity contribution in [2.24, 2.45) is 0 Å². The van der Waals surface area contributed by atoms with Gasteiger partial charge < -0.3 is 10.4 Å². The van der Waals surface area contributed by atoms with Gasteiger partial charge in [-0.15, -0.1) is 0 Å². The van der Waals surface area contributed by atoms with E-state index in [-0.39, 0.29) is 5.56 Å². The minimum absolute atomic E-state index is 0.250. The second-order valence-electron chi connectivity index (χ2n) is 5.85. The molecule has 2 aromatic heterocycles. The van der Waals surface area contributed by atoms with E-state index in [9.17, 15) is 9.59 Å². The number of rotatable bonds is 6. The van der Waals surface area contributed by atoms with Crippen LogP contribution in [0.3, 0.4) is 0 Å². The molecule has 0 saturated carbocycles. The molecule has 0 radical (unpaired) electrons. The number of carboxylic acid groups (broad SMARTS) is 1. The Morgan fingerprint density at radius 1 is 1.19 bits per heavy atom. The van der Waals surface area contributed by atoms with Crippen molar-refractivity contribution in [2.45, 2.75) is 19.5 Å². The number of aromatic nitrogens is 4. The summed E-state index contributed by atoms with van der Waals surface area (Å²) in [6.45, 7) is 1.94. The molecule has 0 bridgehead atoms. The molecule has 0 saturated heterocycles. The lowest BCUT2D eigenvalue weighted by Gasteiger charge is -2.05. The SMILES string of the molecule is CC(C(=O)O)n1cc(C(=O)Nc2cnn(Cc3ccc(Cl)c(Cl)c3)c2)cn1. The van der Waals surface area contributed by atoms with Crippen LogP contribution in [0.5, 0.6) is 0 Å². The van der Waals surface area contributed by atoms with Crippen LogP contribution in [0.25, 0.3) is 0 Å².